The second kappa shape index (κ2) is 9.25. The third-order valence-electron chi connectivity index (χ3n) is 5.01. The molecule has 0 aliphatic carbocycles. The van der Waals surface area contributed by atoms with Gasteiger partial charge < -0.3 is 10.2 Å². The zero-order valence-electron chi connectivity index (χ0n) is 17.9. The standard InChI is InChI=1S/C23H23F3N4O2/c1-4-29(16(3)31)14-17-9-7-10-18(12-17)28-22(32)19-13-27-30(21(19)23(24,25)26)20-11-6-5-8-15(20)2/h5-13H,4,14H2,1-3H3,(H,28,32). The molecule has 0 aliphatic rings. The van der Waals surface area contributed by atoms with Crippen molar-refractivity contribution in [2.75, 3.05) is 11.9 Å². The van der Waals surface area contributed by atoms with Gasteiger partial charge in [0, 0.05) is 25.7 Å². The van der Waals surface area contributed by atoms with Crippen molar-refractivity contribution < 1.29 is 22.8 Å². The zero-order chi connectivity index (χ0) is 23.5. The summed E-state index contributed by atoms with van der Waals surface area (Å²) in [4.78, 5) is 26.0. The molecule has 2 aromatic carbocycles. The quantitative estimate of drug-likeness (QED) is 0.593. The van der Waals surface area contributed by atoms with E-state index < -0.39 is 23.3 Å². The summed E-state index contributed by atoms with van der Waals surface area (Å²) in [7, 11) is 0. The molecule has 0 radical (unpaired) electrons. The molecule has 1 N–H and O–H groups in total. The van der Waals surface area contributed by atoms with E-state index in [2.05, 4.69) is 10.4 Å². The van der Waals surface area contributed by atoms with Gasteiger partial charge in [-0.1, -0.05) is 30.3 Å². The Balaban J connectivity index is 1.92. The summed E-state index contributed by atoms with van der Waals surface area (Å²) in [5.74, 6) is -1.02. The molecule has 0 spiro atoms. The molecule has 168 valence electrons. The molecular formula is C23H23F3N4O2. The number of nitrogens with zero attached hydrogens (tertiary/aromatic N) is 3. The van der Waals surface area contributed by atoms with Gasteiger partial charge in [0.15, 0.2) is 5.69 Å². The summed E-state index contributed by atoms with van der Waals surface area (Å²) in [6.07, 6.45) is -3.88. The lowest BCUT2D eigenvalue weighted by molar-refractivity contribution is -0.143. The second-order valence-electron chi connectivity index (χ2n) is 7.29. The van der Waals surface area contributed by atoms with Crippen molar-refractivity contribution in [3.8, 4) is 5.69 Å². The Hall–Kier alpha value is -3.62. The second-order valence-corrected chi connectivity index (χ2v) is 7.29. The van der Waals surface area contributed by atoms with Gasteiger partial charge in [-0.15, -0.1) is 0 Å². The van der Waals surface area contributed by atoms with E-state index in [1.165, 1.54) is 13.0 Å². The van der Waals surface area contributed by atoms with E-state index in [4.69, 9.17) is 0 Å². The van der Waals surface area contributed by atoms with Crippen molar-refractivity contribution >= 4 is 17.5 Å². The maximum absolute atomic E-state index is 13.9. The van der Waals surface area contributed by atoms with Gasteiger partial charge in [-0.3, -0.25) is 9.59 Å². The van der Waals surface area contributed by atoms with E-state index in [0.29, 0.717) is 24.3 Å². The first kappa shape index (κ1) is 23.1. The Morgan fingerprint density at radius 1 is 1.12 bits per heavy atom. The molecule has 3 rings (SSSR count). The van der Waals surface area contributed by atoms with Crippen LogP contribution < -0.4 is 5.32 Å². The lowest BCUT2D eigenvalue weighted by atomic mass is 10.1. The average Bonchev–Trinajstić information content (AvgIpc) is 3.18. The Labute approximate surface area is 183 Å². The first-order valence-electron chi connectivity index (χ1n) is 9.98. The minimum Gasteiger partial charge on any atom is -0.339 e. The van der Waals surface area contributed by atoms with Crippen LogP contribution in [0.3, 0.4) is 0 Å². The number of nitrogens with one attached hydrogen (secondary N) is 1. The summed E-state index contributed by atoms with van der Waals surface area (Å²) in [6, 6.07) is 13.1. The Bertz CT molecular complexity index is 1140. The molecule has 1 aromatic heterocycles. The van der Waals surface area contributed by atoms with Crippen LogP contribution in [0.5, 0.6) is 0 Å². The van der Waals surface area contributed by atoms with E-state index in [-0.39, 0.29) is 11.6 Å². The number of amides is 2. The third-order valence-corrected chi connectivity index (χ3v) is 5.01. The lowest BCUT2D eigenvalue weighted by Crippen LogP contribution is -2.27. The fourth-order valence-electron chi connectivity index (χ4n) is 3.38. The molecule has 0 atom stereocenters. The van der Waals surface area contributed by atoms with Crippen LogP contribution in [0, 0.1) is 6.92 Å². The van der Waals surface area contributed by atoms with Crippen LogP contribution in [0.2, 0.25) is 0 Å². The highest BCUT2D eigenvalue weighted by atomic mass is 19.4. The molecule has 0 bridgehead atoms. The summed E-state index contributed by atoms with van der Waals surface area (Å²) in [6.45, 7) is 5.81. The van der Waals surface area contributed by atoms with Crippen LogP contribution >= 0.6 is 0 Å². The molecule has 0 unspecified atom stereocenters. The normalized spacial score (nSPS) is 11.3. The molecule has 0 saturated carbocycles. The van der Waals surface area contributed by atoms with Crippen molar-refractivity contribution in [1.82, 2.24) is 14.7 Å². The lowest BCUT2D eigenvalue weighted by Gasteiger charge is -2.19. The highest BCUT2D eigenvalue weighted by molar-refractivity contribution is 6.05. The van der Waals surface area contributed by atoms with Gasteiger partial charge in [-0.05, 0) is 43.2 Å². The summed E-state index contributed by atoms with van der Waals surface area (Å²) in [5, 5.41) is 6.37. The number of para-hydroxylation sites is 1. The molecule has 0 aliphatic heterocycles. The number of benzene rings is 2. The SMILES string of the molecule is CCN(Cc1cccc(NC(=O)c2cnn(-c3ccccc3C)c2C(F)(F)F)c1)C(C)=O. The highest BCUT2D eigenvalue weighted by Crippen LogP contribution is 2.34. The van der Waals surface area contributed by atoms with Crippen LogP contribution in [0.15, 0.2) is 54.7 Å². The molecule has 0 fully saturated rings. The summed E-state index contributed by atoms with van der Waals surface area (Å²) in [5.41, 5.74) is 0.172. The van der Waals surface area contributed by atoms with Gasteiger partial charge in [0.25, 0.3) is 5.91 Å². The predicted molar refractivity (Wildman–Crippen MR) is 114 cm³/mol. The molecule has 0 saturated heterocycles. The van der Waals surface area contributed by atoms with E-state index in [9.17, 15) is 22.8 Å². The summed E-state index contributed by atoms with van der Waals surface area (Å²) < 4.78 is 42.5. The van der Waals surface area contributed by atoms with Crippen molar-refractivity contribution in [3.05, 3.63) is 77.1 Å². The van der Waals surface area contributed by atoms with Crippen molar-refractivity contribution in [3.63, 3.8) is 0 Å². The van der Waals surface area contributed by atoms with Gasteiger partial charge in [-0.2, -0.15) is 18.3 Å². The first-order chi connectivity index (χ1) is 15.1. The van der Waals surface area contributed by atoms with Gasteiger partial charge in [0.1, 0.15) is 0 Å². The molecule has 3 aromatic rings. The largest absolute Gasteiger partial charge is 0.434 e. The monoisotopic (exact) mass is 444 g/mol. The predicted octanol–water partition coefficient (Wildman–Crippen LogP) is 4.82. The third kappa shape index (κ3) is 4.99. The van der Waals surface area contributed by atoms with Crippen LogP contribution in [0.25, 0.3) is 5.69 Å². The molecule has 1 heterocycles. The van der Waals surface area contributed by atoms with E-state index in [1.54, 1.807) is 54.3 Å². The number of rotatable bonds is 6. The number of hydrogen-bond acceptors (Lipinski definition) is 3. The number of aromatic nitrogens is 2. The van der Waals surface area contributed by atoms with Crippen LogP contribution in [0.4, 0.5) is 18.9 Å². The fourth-order valence-corrected chi connectivity index (χ4v) is 3.38. The maximum atomic E-state index is 13.9. The maximum Gasteiger partial charge on any atom is 0.434 e. The van der Waals surface area contributed by atoms with Gasteiger partial charge in [-0.25, -0.2) is 4.68 Å². The average molecular weight is 444 g/mol. The number of alkyl halides is 3. The first-order valence-corrected chi connectivity index (χ1v) is 9.98. The molecule has 32 heavy (non-hydrogen) atoms. The highest BCUT2D eigenvalue weighted by Gasteiger charge is 2.40. The zero-order valence-corrected chi connectivity index (χ0v) is 17.9. The molecule has 9 heteroatoms. The number of hydrogen-bond donors (Lipinski definition) is 1. The number of halogens is 3. The van der Waals surface area contributed by atoms with Crippen molar-refractivity contribution in [2.24, 2.45) is 0 Å². The van der Waals surface area contributed by atoms with Crippen LogP contribution in [-0.2, 0) is 17.5 Å². The number of anilines is 1. The molecule has 2 amide bonds. The number of aryl methyl sites for hydroxylation is 1. The minimum atomic E-state index is -4.80. The topological polar surface area (TPSA) is 67.2 Å². The summed E-state index contributed by atoms with van der Waals surface area (Å²) >= 11 is 0. The van der Waals surface area contributed by atoms with Gasteiger partial charge >= 0.3 is 6.18 Å². The van der Waals surface area contributed by atoms with Crippen molar-refractivity contribution in [2.45, 2.75) is 33.5 Å². The number of carbonyl (C=O) groups excluding carboxylic acids is 2. The van der Waals surface area contributed by atoms with Crippen LogP contribution in [0.1, 0.15) is 41.0 Å². The fraction of sp³-hybridized carbons (Fsp3) is 0.261. The van der Waals surface area contributed by atoms with Gasteiger partial charge in [0.2, 0.25) is 5.91 Å². The Morgan fingerprint density at radius 2 is 1.84 bits per heavy atom. The van der Waals surface area contributed by atoms with Crippen molar-refractivity contribution in [1.29, 1.82) is 0 Å². The van der Waals surface area contributed by atoms with E-state index in [0.717, 1.165) is 16.4 Å². The van der Waals surface area contributed by atoms with E-state index in [1.807, 2.05) is 6.92 Å². The van der Waals surface area contributed by atoms with E-state index >= 15 is 0 Å². The van der Waals surface area contributed by atoms with Crippen LogP contribution in [-0.4, -0.2) is 33.0 Å². The smallest absolute Gasteiger partial charge is 0.339 e. The molecule has 6 nitrogen and oxygen atoms in total. The molecular weight excluding hydrogens is 421 g/mol. The Kier molecular flexibility index (Phi) is 6.67. The minimum absolute atomic E-state index is 0.0969. The van der Waals surface area contributed by atoms with Gasteiger partial charge in [0.05, 0.1) is 17.4 Å². The Morgan fingerprint density at radius 3 is 2.47 bits per heavy atom. The number of carbonyl (C=O) groups is 2.